The van der Waals surface area contributed by atoms with Crippen molar-refractivity contribution < 1.29 is 9.90 Å². The van der Waals surface area contributed by atoms with Gasteiger partial charge in [-0.15, -0.1) is 0 Å². The van der Waals surface area contributed by atoms with E-state index in [2.05, 4.69) is 38.3 Å². The zero-order valence-electron chi connectivity index (χ0n) is 16.6. The fourth-order valence-electron chi connectivity index (χ4n) is 2.90. The minimum atomic E-state index is -0.142. The molecule has 0 aliphatic rings. The van der Waals surface area contributed by atoms with E-state index in [0.717, 1.165) is 38.6 Å². The number of hydrogen-bond donors (Lipinski definition) is 3. The Morgan fingerprint density at radius 2 is 1.58 bits per heavy atom. The summed E-state index contributed by atoms with van der Waals surface area (Å²) in [6, 6.07) is -0.251. The van der Waals surface area contributed by atoms with Crippen LogP contribution in [-0.2, 0) is 4.79 Å². The second kappa shape index (κ2) is 15.9. The minimum Gasteiger partial charge on any atom is -0.394 e. The first kappa shape index (κ1) is 23.4. The molecule has 24 heavy (non-hydrogen) atoms. The van der Waals surface area contributed by atoms with E-state index < -0.39 is 0 Å². The van der Waals surface area contributed by atoms with Gasteiger partial charge in [0.25, 0.3) is 0 Å². The molecule has 0 aliphatic carbocycles. The summed E-state index contributed by atoms with van der Waals surface area (Å²) in [6.45, 7) is 9.57. The molecule has 0 aliphatic heterocycles. The summed E-state index contributed by atoms with van der Waals surface area (Å²) >= 11 is 0. The highest BCUT2D eigenvalue weighted by Gasteiger charge is 2.21. The van der Waals surface area contributed by atoms with Crippen LogP contribution in [0.2, 0.25) is 0 Å². The van der Waals surface area contributed by atoms with Crippen LogP contribution < -0.4 is 10.6 Å². The number of unbranched alkanes of at least 4 members (excludes halogenated alkanes) is 6. The lowest BCUT2D eigenvalue weighted by Crippen LogP contribution is -2.49. The highest BCUT2D eigenvalue weighted by atomic mass is 16.3. The molecule has 0 bridgehead atoms. The molecular formula is C20H42N2O2. The Morgan fingerprint density at radius 3 is 2.17 bits per heavy atom. The van der Waals surface area contributed by atoms with Gasteiger partial charge in [-0.05, 0) is 31.7 Å². The van der Waals surface area contributed by atoms with Gasteiger partial charge in [0.05, 0.1) is 18.7 Å². The lowest BCUT2D eigenvalue weighted by Gasteiger charge is -2.23. The molecule has 0 aromatic heterocycles. The summed E-state index contributed by atoms with van der Waals surface area (Å²) in [5.41, 5.74) is 0. The van der Waals surface area contributed by atoms with Gasteiger partial charge < -0.3 is 15.7 Å². The van der Waals surface area contributed by atoms with E-state index in [-0.39, 0.29) is 24.6 Å². The molecule has 0 aromatic rings. The predicted molar refractivity (Wildman–Crippen MR) is 103 cm³/mol. The van der Waals surface area contributed by atoms with E-state index in [0.29, 0.717) is 5.92 Å². The van der Waals surface area contributed by atoms with Crippen LogP contribution in [0, 0.1) is 5.92 Å². The summed E-state index contributed by atoms with van der Waals surface area (Å²) in [5, 5.41) is 15.9. The van der Waals surface area contributed by atoms with Crippen molar-refractivity contribution in [3.63, 3.8) is 0 Å². The van der Waals surface area contributed by atoms with E-state index in [1.165, 1.54) is 32.1 Å². The molecule has 2 atom stereocenters. The molecule has 0 spiro atoms. The van der Waals surface area contributed by atoms with Crippen LogP contribution >= 0.6 is 0 Å². The van der Waals surface area contributed by atoms with Crippen LogP contribution in [0.1, 0.15) is 91.9 Å². The maximum Gasteiger partial charge on any atom is 0.237 e. The van der Waals surface area contributed by atoms with E-state index in [1.54, 1.807) is 0 Å². The fraction of sp³-hybridized carbons (Fsp3) is 0.950. The van der Waals surface area contributed by atoms with Gasteiger partial charge in [0.15, 0.2) is 0 Å². The molecule has 0 unspecified atom stereocenters. The van der Waals surface area contributed by atoms with Gasteiger partial charge >= 0.3 is 0 Å². The number of aliphatic hydroxyl groups excluding tert-OH is 1. The smallest absolute Gasteiger partial charge is 0.237 e. The molecular weight excluding hydrogens is 300 g/mol. The first-order valence-electron chi connectivity index (χ1n) is 10.2. The van der Waals surface area contributed by atoms with Crippen LogP contribution in [0.4, 0.5) is 0 Å². The number of hydrogen-bond acceptors (Lipinski definition) is 3. The lowest BCUT2D eigenvalue weighted by molar-refractivity contribution is -0.124. The molecule has 0 saturated carbocycles. The third kappa shape index (κ3) is 12.8. The maximum atomic E-state index is 12.5. The summed E-state index contributed by atoms with van der Waals surface area (Å²) in [5.74, 6) is 0.519. The molecule has 3 N–H and O–H groups in total. The van der Waals surface area contributed by atoms with Crippen molar-refractivity contribution in [2.75, 3.05) is 13.2 Å². The zero-order chi connectivity index (χ0) is 18.2. The largest absolute Gasteiger partial charge is 0.394 e. The number of rotatable bonds is 16. The third-order valence-electron chi connectivity index (χ3n) is 4.42. The second-order valence-electron chi connectivity index (χ2n) is 7.43. The van der Waals surface area contributed by atoms with E-state index in [1.807, 2.05) is 0 Å². The number of amides is 1. The molecule has 0 fully saturated rings. The molecule has 0 aromatic carbocycles. The number of aliphatic hydroxyl groups is 1. The van der Waals surface area contributed by atoms with Gasteiger partial charge in [0.2, 0.25) is 5.91 Å². The first-order valence-corrected chi connectivity index (χ1v) is 10.2. The highest BCUT2D eigenvalue weighted by molar-refractivity contribution is 5.82. The van der Waals surface area contributed by atoms with Gasteiger partial charge in [-0.1, -0.05) is 72.6 Å². The minimum absolute atomic E-state index is 0.0254. The van der Waals surface area contributed by atoms with Crippen molar-refractivity contribution >= 4 is 5.91 Å². The summed E-state index contributed by atoms with van der Waals surface area (Å²) in [4.78, 5) is 12.5. The monoisotopic (exact) mass is 342 g/mol. The van der Waals surface area contributed by atoms with Crippen LogP contribution in [0.25, 0.3) is 0 Å². The lowest BCUT2D eigenvalue weighted by atomic mass is 10.0. The molecule has 1 amide bonds. The van der Waals surface area contributed by atoms with Crippen LogP contribution in [0.15, 0.2) is 0 Å². The average molecular weight is 343 g/mol. The molecule has 4 heteroatoms. The Labute approximate surface area is 150 Å². The number of carbonyl (C=O) groups is 1. The van der Waals surface area contributed by atoms with E-state index >= 15 is 0 Å². The van der Waals surface area contributed by atoms with E-state index in [9.17, 15) is 9.90 Å². The quantitative estimate of drug-likeness (QED) is 0.371. The van der Waals surface area contributed by atoms with Crippen LogP contribution in [0.3, 0.4) is 0 Å². The van der Waals surface area contributed by atoms with Crippen molar-refractivity contribution in [1.82, 2.24) is 10.6 Å². The second-order valence-corrected chi connectivity index (χ2v) is 7.43. The predicted octanol–water partition coefficient (Wildman–Crippen LogP) is 4.02. The van der Waals surface area contributed by atoms with E-state index in [4.69, 9.17) is 0 Å². The molecule has 0 heterocycles. The molecule has 0 saturated heterocycles. The van der Waals surface area contributed by atoms with Gasteiger partial charge in [0.1, 0.15) is 0 Å². The zero-order valence-corrected chi connectivity index (χ0v) is 16.6. The summed E-state index contributed by atoms with van der Waals surface area (Å²) in [6.07, 6.45) is 11.4. The topological polar surface area (TPSA) is 61.4 Å². The molecule has 0 radical (unpaired) electrons. The molecule has 4 nitrogen and oxygen atoms in total. The van der Waals surface area contributed by atoms with Crippen LogP contribution in [0.5, 0.6) is 0 Å². The maximum absolute atomic E-state index is 12.5. The van der Waals surface area contributed by atoms with Gasteiger partial charge in [-0.25, -0.2) is 0 Å². The average Bonchev–Trinajstić information content (AvgIpc) is 2.56. The SMILES string of the molecule is CCCCCCCCN[C@@H](CC(C)C)C(=O)N[C@H](CO)CCCC. The third-order valence-corrected chi connectivity index (χ3v) is 4.42. The van der Waals surface area contributed by atoms with Crippen molar-refractivity contribution in [2.45, 2.75) is 104 Å². The van der Waals surface area contributed by atoms with Gasteiger partial charge in [-0.2, -0.15) is 0 Å². The van der Waals surface area contributed by atoms with Crippen molar-refractivity contribution in [1.29, 1.82) is 0 Å². The highest BCUT2D eigenvalue weighted by Crippen LogP contribution is 2.08. The Bertz CT molecular complexity index is 295. The number of nitrogens with one attached hydrogen (secondary N) is 2. The fourth-order valence-corrected chi connectivity index (χ4v) is 2.90. The Kier molecular flexibility index (Phi) is 15.5. The molecule has 144 valence electrons. The Balaban J connectivity index is 4.20. The van der Waals surface area contributed by atoms with Gasteiger partial charge in [0, 0.05) is 0 Å². The van der Waals surface area contributed by atoms with Crippen molar-refractivity contribution in [3.8, 4) is 0 Å². The number of carbonyl (C=O) groups excluding carboxylic acids is 1. The standard InChI is InChI=1S/C20H42N2O2/c1-5-7-9-10-11-12-14-21-19(15-17(3)4)20(24)22-18(16-23)13-8-6-2/h17-19,21,23H,5-16H2,1-4H3,(H,22,24)/t18-,19-/m0/s1. The normalized spacial score (nSPS) is 13.9. The molecule has 0 rings (SSSR count). The summed E-state index contributed by atoms with van der Waals surface area (Å²) in [7, 11) is 0. The van der Waals surface area contributed by atoms with Crippen molar-refractivity contribution in [2.24, 2.45) is 5.92 Å². The van der Waals surface area contributed by atoms with Crippen molar-refractivity contribution in [3.05, 3.63) is 0 Å². The van der Waals surface area contributed by atoms with Gasteiger partial charge in [-0.3, -0.25) is 4.79 Å². The Hall–Kier alpha value is -0.610. The summed E-state index contributed by atoms with van der Waals surface area (Å²) < 4.78 is 0. The first-order chi connectivity index (χ1) is 11.5. The van der Waals surface area contributed by atoms with Crippen LogP contribution in [-0.4, -0.2) is 36.2 Å². The Morgan fingerprint density at radius 1 is 0.958 bits per heavy atom.